The van der Waals surface area contributed by atoms with Crippen molar-refractivity contribution < 1.29 is 13.9 Å². The first-order valence-electron chi connectivity index (χ1n) is 15.7. The molecule has 1 amide bonds. The zero-order valence-corrected chi connectivity index (χ0v) is 26.0. The number of H-pyrrole nitrogens is 1. The van der Waals surface area contributed by atoms with Crippen molar-refractivity contribution in [3.63, 3.8) is 0 Å². The molecule has 0 spiro atoms. The van der Waals surface area contributed by atoms with E-state index in [1.54, 1.807) is 0 Å². The van der Waals surface area contributed by atoms with E-state index in [-0.39, 0.29) is 18.0 Å². The third-order valence-corrected chi connectivity index (χ3v) is 8.97. The topological polar surface area (TPSA) is 77.7 Å². The first kappa shape index (κ1) is 31.0. The zero-order valence-electron chi connectivity index (χ0n) is 26.0. The fourth-order valence-corrected chi connectivity index (χ4v) is 6.59. The van der Waals surface area contributed by atoms with E-state index < -0.39 is 6.17 Å². The Hall–Kier alpha value is -3.49. The summed E-state index contributed by atoms with van der Waals surface area (Å²) in [7, 11) is 0. The van der Waals surface area contributed by atoms with Crippen LogP contribution in [0.1, 0.15) is 70.9 Å². The van der Waals surface area contributed by atoms with E-state index in [4.69, 9.17) is 4.74 Å². The SMILES string of the molecule is CCN(c1cc(-c2ccc(CN3CCCC(F)C3)cc2)cc(C(=O)NCc2c(C)cc(C)[nH]c2=O)c1C)C1CCOCC1. The smallest absolute Gasteiger partial charge is 0.253 e. The van der Waals surface area contributed by atoms with Crippen molar-refractivity contribution in [1.82, 2.24) is 15.2 Å². The van der Waals surface area contributed by atoms with Crippen LogP contribution in [0.4, 0.5) is 10.1 Å². The molecule has 43 heavy (non-hydrogen) atoms. The normalized spacial score (nSPS) is 18.0. The first-order valence-corrected chi connectivity index (χ1v) is 15.7. The summed E-state index contributed by atoms with van der Waals surface area (Å²) < 4.78 is 19.6. The van der Waals surface area contributed by atoms with Gasteiger partial charge in [0.05, 0.1) is 0 Å². The van der Waals surface area contributed by atoms with Gasteiger partial charge in [0.2, 0.25) is 0 Å². The van der Waals surface area contributed by atoms with Crippen LogP contribution in [0.5, 0.6) is 0 Å². The molecule has 3 heterocycles. The molecular formula is C35H45FN4O3. The number of halogens is 1. The van der Waals surface area contributed by atoms with Crippen LogP contribution in [0.3, 0.4) is 0 Å². The molecule has 1 atom stereocenters. The Balaban J connectivity index is 1.46. The molecule has 1 aromatic heterocycles. The predicted molar refractivity (Wildman–Crippen MR) is 171 cm³/mol. The minimum Gasteiger partial charge on any atom is -0.381 e. The molecule has 7 nitrogen and oxygen atoms in total. The van der Waals surface area contributed by atoms with E-state index in [0.717, 1.165) is 91.3 Å². The molecule has 2 saturated heterocycles. The number of nitrogens with one attached hydrogen (secondary N) is 2. The third kappa shape index (κ3) is 7.36. The maximum atomic E-state index is 13.9. The number of benzene rings is 2. The summed E-state index contributed by atoms with van der Waals surface area (Å²) in [5.41, 5.74) is 7.76. The Kier molecular flexibility index (Phi) is 9.98. The molecule has 2 aromatic carbocycles. The van der Waals surface area contributed by atoms with Gasteiger partial charge in [0.15, 0.2) is 0 Å². The molecular weight excluding hydrogens is 543 g/mol. The van der Waals surface area contributed by atoms with Crippen LogP contribution in [-0.4, -0.2) is 60.9 Å². The number of rotatable bonds is 9. The van der Waals surface area contributed by atoms with Crippen molar-refractivity contribution in [1.29, 1.82) is 0 Å². The number of carbonyl (C=O) groups is 1. The summed E-state index contributed by atoms with van der Waals surface area (Å²) in [6.45, 7) is 12.5. The second-order valence-corrected chi connectivity index (χ2v) is 12.1. The van der Waals surface area contributed by atoms with Crippen molar-refractivity contribution in [2.45, 2.75) is 78.7 Å². The van der Waals surface area contributed by atoms with Gasteiger partial charge in [-0.1, -0.05) is 24.3 Å². The average Bonchev–Trinajstić information content (AvgIpc) is 2.99. The van der Waals surface area contributed by atoms with Gasteiger partial charge in [-0.15, -0.1) is 0 Å². The van der Waals surface area contributed by atoms with Crippen LogP contribution < -0.4 is 15.8 Å². The Morgan fingerprint density at radius 2 is 1.81 bits per heavy atom. The van der Waals surface area contributed by atoms with Crippen LogP contribution in [0.15, 0.2) is 47.3 Å². The molecule has 2 aliphatic rings. The predicted octanol–water partition coefficient (Wildman–Crippen LogP) is 5.84. The van der Waals surface area contributed by atoms with E-state index in [0.29, 0.717) is 30.1 Å². The molecule has 3 aromatic rings. The summed E-state index contributed by atoms with van der Waals surface area (Å²) in [5, 5.41) is 3.02. The number of likely N-dealkylation sites (tertiary alicyclic amines) is 1. The number of hydrogen-bond donors (Lipinski definition) is 2. The Labute approximate surface area is 254 Å². The summed E-state index contributed by atoms with van der Waals surface area (Å²) in [4.78, 5) is 33.8. The van der Waals surface area contributed by atoms with Crippen molar-refractivity contribution in [3.8, 4) is 11.1 Å². The van der Waals surface area contributed by atoms with Gasteiger partial charge < -0.3 is 19.9 Å². The highest BCUT2D eigenvalue weighted by molar-refractivity contribution is 5.99. The van der Waals surface area contributed by atoms with E-state index in [1.807, 2.05) is 32.9 Å². The number of piperidine rings is 1. The van der Waals surface area contributed by atoms with E-state index in [1.165, 1.54) is 0 Å². The number of anilines is 1. The molecule has 0 bridgehead atoms. The highest BCUT2D eigenvalue weighted by Crippen LogP contribution is 2.34. The second kappa shape index (κ2) is 13.9. The average molecular weight is 589 g/mol. The van der Waals surface area contributed by atoms with Gasteiger partial charge in [-0.25, -0.2) is 4.39 Å². The number of carbonyl (C=O) groups excluding carboxylic acids is 1. The number of aromatic amines is 1. The van der Waals surface area contributed by atoms with E-state index in [9.17, 15) is 14.0 Å². The quantitative estimate of drug-likeness (QED) is 0.329. The van der Waals surface area contributed by atoms with Crippen molar-refractivity contribution >= 4 is 11.6 Å². The molecule has 0 radical (unpaired) electrons. The molecule has 2 aliphatic heterocycles. The lowest BCUT2D eigenvalue weighted by molar-refractivity contribution is 0.0846. The van der Waals surface area contributed by atoms with Crippen LogP contribution >= 0.6 is 0 Å². The second-order valence-electron chi connectivity index (χ2n) is 12.1. The number of ether oxygens (including phenoxy) is 1. The monoisotopic (exact) mass is 588 g/mol. The largest absolute Gasteiger partial charge is 0.381 e. The van der Waals surface area contributed by atoms with Crippen LogP contribution in [0.2, 0.25) is 0 Å². The highest BCUT2D eigenvalue weighted by atomic mass is 19.1. The van der Waals surface area contributed by atoms with Gasteiger partial charge in [-0.05, 0) is 106 Å². The van der Waals surface area contributed by atoms with Gasteiger partial charge in [0, 0.05) is 67.9 Å². The first-order chi connectivity index (χ1) is 20.7. The molecule has 5 rings (SSSR count). The zero-order chi connectivity index (χ0) is 30.5. The lowest BCUT2D eigenvalue weighted by atomic mass is 9.94. The summed E-state index contributed by atoms with van der Waals surface area (Å²) in [5.74, 6) is -0.203. The molecule has 0 aliphatic carbocycles. The number of aryl methyl sites for hydroxylation is 2. The van der Waals surface area contributed by atoms with Crippen molar-refractivity contribution in [2.24, 2.45) is 0 Å². The van der Waals surface area contributed by atoms with Crippen LogP contribution in [0.25, 0.3) is 11.1 Å². The minimum atomic E-state index is -0.742. The lowest BCUT2D eigenvalue weighted by Gasteiger charge is -2.37. The molecule has 230 valence electrons. The third-order valence-electron chi connectivity index (χ3n) is 8.97. The highest BCUT2D eigenvalue weighted by Gasteiger charge is 2.25. The van der Waals surface area contributed by atoms with Gasteiger partial charge in [-0.3, -0.25) is 14.5 Å². The summed E-state index contributed by atoms with van der Waals surface area (Å²) in [6, 6.07) is 14.8. The number of alkyl halides is 1. The number of nitrogens with zero attached hydrogens (tertiary/aromatic N) is 2. The Morgan fingerprint density at radius 1 is 1.07 bits per heavy atom. The number of amides is 1. The number of hydrogen-bond acceptors (Lipinski definition) is 5. The Bertz CT molecular complexity index is 1480. The van der Waals surface area contributed by atoms with Gasteiger partial charge in [0.25, 0.3) is 11.5 Å². The number of pyridine rings is 1. The van der Waals surface area contributed by atoms with E-state index >= 15 is 0 Å². The van der Waals surface area contributed by atoms with E-state index in [2.05, 4.69) is 57.4 Å². The standard InChI is InChI=1S/C35H45FN4O3/c1-5-40(30-12-15-43-16-13-30)33-19-28(27-10-8-26(9-11-27)21-39-14-6-7-29(36)22-39)18-31(25(33)4)34(41)37-20-32-23(2)17-24(3)38-35(32)42/h8-11,17-19,29-30H,5-7,12-16,20-22H2,1-4H3,(H,37,41)(H,38,42). The molecule has 8 heteroatoms. The maximum Gasteiger partial charge on any atom is 0.253 e. The lowest BCUT2D eigenvalue weighted by Crippen LogP contribution is -2.40. The summed E-state index contributed by atoms with van der Waals surface area (Å²) in [6.07, 6.45) is 2.70. The minimum absolute atomic E-state index is 0.154. The fraction of sp³-hybridized carbons (Fsp3) is 0.486. The Morgan fingerprint density at radius 3 is 2.49 bits per heavy atom. The van der Waals surface area contributed by atoms with Crippen molar-refractivity contribution in [3.05, 3.63) is 86.3 Å². The van der Waals surface area contributed by atoms with Gasteiger partial charge in [0.1, 0.15) is 6.17 Å². The van der Waals surface area contributed by atoms with Gasteiger partial charge >= 0.3 is 0 Å². The maximum absolute atomic E-state index is 13.9. The molecule has 0 saturated carbocycles. The van der Waals surface area contributed by atoms with Crippen molar-refractivity contribution in [2.75, 3.05) is 37.7 Å². The van der Waals surface area contributed by atoms with Crippen LogP contribution in [0, 0.1) is 20.8 Å². The molecule has 1 unspecified atom stereocenters. The number of aromatic nitrogens is 1. The molecule has 2 N–H and O–H groups in total. The summed E-state index contributed by atoms with van der Waals surface area (Å²) >= 11 is 0. The molecule has 2 fully saturated rings. The fourth-order valence-electron chi connectivity index (χ4n) is 6.59. The van der Waals surface area contributed by atoms with Gasteiger partial charge in [-0.2, -0.15) is 0 Å². The van der Waals surface area contributed by atoms with Crippen LogP contribution in [-0.2, 0) is 17.8 Å².